The molecule has 0 aromatic rings. The average molecular weight is 126 g/mol. The van der Waals surface area contributed by atoms with Gasteiger partial charge in [0.15, 0.2) is 0 Å². The maximum atomic E-state index is 10.2. The van der Waals surface area contributed by atoms with Crippen LogP contribution in [0, 0.1) is 0 Å². The van der Waals surface area contributed by atoms with Gasteiger partial charge in [0.25, 0.3) is 0 Å². The molecule has 0 bridgehead atoms. The minimum atomic E-state index is -0.864. The van der Waals surface area contributed by atoms with Crippen LogP contribution in [0.3, 0.4) is 0 Å². The molecule has 0 unspecified atom stereocenters. The van der Waals surface area contributed by atoms with E-state index in [1.807, 2.05) is 0 Å². The molecule has 0 aliphatic rings. The van der Waals surface area contributed by atoms with Crippen molar-refractivity contribution in [3.63, 3.8) is 0 Å². The van der Waals surface area contributed by atoms with E-state index in [1.165, 1.54) is 0 Å². The number of rotatable bonds is 3. The van der Waals surface area contributed by atoms with Crippen molar-refractivity contribution >= 4 is 5.97 Å². The number of aliphatic carboxylic acids is 1. The molecule has 0 aromatic heterocycles. The van der Waals surface area contributed by atoms with E-state index in [4.69, 9.17) is 5.11 Å². The summed E-state index contributed by atoms with van der Waals surface area (Å²) in [4.78, 5) is 10.2. The summed E-state index contributed by atoms with van der Waals surface area (Å²) in [6, 6.07) is 0. The number of carboxylic acid groups (broad SMARTS) is 1. The molecule has 0 heterocycles. The topological polar surface area (TPSA) is 37.3 Å². The quantitative estimate of drug-likeness (QED) is 0.460. The summed E-state index contributed by atoms with van der Waals surface area (Å²) in [6.07, 6.45) is 3.58. The van der Waals surface area contributed by atoms with E-state index in [0.29, 0.717) is 12.0 Å². The van der Waals surface area contributed by atoms with Crippen LogP contribution < -0.4 is 0 Å². The molecule has 0 saturated carbocycles. The molecule has 0 amide bonds. The van der Waals surface area contributed by atoms with Gasteiger partial charge >= 0.3 is 5.97 Å². The van der Waals surface area contributed by atoms with Crippen molar-refractivity contribution in [1.82, 2.24) is 0 Å². The molecule has 9 heavy (non-hydrogen) atoms. The zero-order valence-electron chi connectivity index (χ0n) is 5.42. The van der Waals surface area contributed by atoms with Gasteiger partial charge in [0, 0.05) is 5.57 Å². The standard InChI is InChI=1S/C7H10O2/c1-3-5-6(4-2)7(8)9/h3-4H,1,5H2,2H3,(H,8,9)/b6-4+. The molecule has 1 N–H and O–H groups in total. The Morgan fingerprint density at radius 3 is 2.44 bits per heavy atom. The Morgan fingerprint density at radius 1 is 1.78 bits per heavy atom. The first kappa shape index (κ1) is 7.95. The van der Waals surface area contributed by atoms with E-state index in [0.717, 1.165) is 0 Å². The number of hydrogen-bond acceptors (Lipinski definition) is 1. The van der Waals surface area contributed by atoms with E-state index in [-0.39, 0.29) is 0 Å². The van der Waals surface area contributed by atoms with Gasteiger partial charge in [0.05, 0.1) is 0 Å². The van der Waals surface area contributed by atoms with Gasteiger partial charge < -0.3 is 5.11 Å². The van der Waals surface area contributed by atoms with Crippen molar-refractivity contribution in [2.45, 2.75) is 13.3 Å². The van der Waals surface area contributed by atoms with Crippen LogP contribution in [0.1, 0.15) is 13.3 Å². The largest absolute Gasteiger partial charge is 0.478 e. The summed E-state index contributed by atoms with van der Waals surface area (Å²) < 4.78 is 0. The summed E-state index contributed by atoms with van der Waals surface area (Å²) in [5.41, 5.74) is 0.394. The smallest absolute Gasteiger partial charge is 0.331 e. The Morgan fingerprint density at radius 2 is 2.33 bits per heavy atom. The molecule has 0 spiro atoms. The molecule has 2 nitrogen and oxygen atoms in total. The highest BCUT2D eigenvalue weighted by Crippen LogP contribution is 2.00. The normalized spacial score (nSPS) is 11.0. The fourth-order valence-electron chi connectivity index (χ4n) is 0.484. The first-order valence-corrected chi connectivity index (χ1v) is 2.71. The second-order valence-corrected chi connectivity index (χ2v) is 1.61. The molecule has 0 fully saturated rings. The van der Waals surface area contributed by atoms with Gasteiger partial charge in [0.1, 0.15) is 0 Å². The number of carbonyl (C=O) groups is 1. The van der Waals surface area contributed by atoms with Crippen LogP contribution in [0.2, 0.25) is 0 Å². The van der Waals surface area contributed by atoms with Gasteiger partial charge in [-0.05, 0) is 13.3 Å². The lowest BCUT2D eigenvalue weighted by Crippen LogP contribution is -1.98. The van der Waals surface area contributed by atoms with Crippen molar-refractivity contribution in [2.24, 2.45) is 0 Å². The van der Waals surface area contributed by atoms with E-state index in [9.17, 15) is 4.79 Å². The number of hydrogen-bond donors (Lipinski definition) is 1. The monoisotopic (exact) mass is 126 g/mol. The highest BCUT2D eigenvalue weighted by Gasteiger charge is 2.00. The maximum absolute atomic E-state index is 10.2. The highest BCUT2D eigenvalue weighted by molar-refractivity contribution is 5.86. The first-order valence-electron chi connectivity index (χ1n) is 2.71. The summed E-state index contributed by atoms with van der Waals surface area (Å²) in [5.74, 6) is -0.864. The zero-order valence-corrected chi connectivity index (χ0v) is 5.42. The van der Waals surface area contributed by atoms with Crippen LogP contribution in [0.4, 0.5) is 0 Å². The van der Waals surface area contributed by atoms with Gasteiger partial charge in [-0.25, -0.2) is 4.79 Å². The average Bonchev–Trinajstić information content (AvgIpc) is 1.82. The van der Waals surface area contributed by atoms with Crippen LogP contribution >= 0.6 is 0 Å². The Bertz CT molecular complexity index is 145. The summed E-state index contributed by atoms with van der Waals surface area (Å²) in [6.45, 7) is 5.13. The van der Waals surface area contributed by atoms with Crippen molar-refractivity contribution in [1.29, 1.82) is 0 Å². The lowest BCUT2D eigenvalue weighted by molar-refractivity contribution is -0.132. The van der Waals surface area contributed by atoms with Crippen LogP contribution in [0.5, 0.6) is 0 Å². The fourth-order valence-corrected chi connectivity index (χ4v) is 0.484. The highest BCUT2D eigenvalue weighted by atomic mass is 16.4. The molecular formula is C7H10O2. The SMILES string of the molecule is C=CC/C(=C\C)C(=O)O. The zero-order chi connectivity index (χ0) is 7.28. The Labute approximate surface area is 54.5 Å². The van der Waals surface area contributed by atoms with Crippen molar-refractivity contribution in [3.05, 3.63) is 24.3 Å². The molecule has 0 aliphatic carbocycles. The minimum absolute atomic E-state index is 0.394. The molecule has 0 radical (unpaired) electrons. The third-order valence-electron chi connectivity index (χ3n) is 0.987. The molecule has 0 atom stereocenters. The summed E-state index contributed by atoms with van der Waals surface area (Å²) in [7, 11) is 0. The van der Waals surface area contributed by atoms with E-state index < -0.39 is 5.97 Å². The Balaban J connectivity index is 4.00. The van der Waals surface area contributed by atoms with E-state index >= 15 is 0 Å². The molecule has 0 rings (SSSR count). The van der Waals surface area contributed by atoms with Crippen LogP contribution in [0.25, 0.3) is 0 Å². The molecule has 0 aliphatic heterocycles. The van der Waals surface area contributed by atoms with Gasteiger partial charge in [0.2, 0.25) is 0 Å². The van der Waals surface area contributed by atoms with E-state index in [2.05, 4.69) is 6.58 Å². The Kier molecular flexibility index (Phi) is 3.44. The number of allylic oxidation sites excluding steroid dienone is 2. The van der Waals surface area contributed by atoms with Crippen molar-refractivity contribution in [2.75, 3.05) is 0 Å². The molecule has 50 valence electrons. The third kappa shape index (κ3) is 2.69. The minimum Gasteiger partial charge on any atom is -0.478 e. The fraction of sp³-hybridized carbons (Fsp3) is 0.286. The molecular weight excluding hydrogens is 116 g/mol. The lowest BCUT2D eigenvalue weighted by atomic mass is 10.2. The van der Waals surface area contributed by atoms with Gasteiger partial charge in [-0.15, -0.1) is 6.58 Å². The second-order valence-electron chi connectivity index (χ2n) is 1.61. The molecule has 0 saturated heterocycles. The number of carboxylic acids is 1. The predicted octanol–water partition coefficient (Wildman–Crippen LogP) is 1.59. The van der Waals surface area contributed by atoms with Crippen LogP contribution in [-0.2, 0) is 4.79 Å². The molecule has 2 heteroatoms. The van der Waals surface area contributed by atoms with Gasteiger partial charge in [-0.1, -0.05) is 12.2 Å². The maximum Gasteiger partial charge on any atom is 0.331 e. The Hall–Kier alpha value is -1.05. The van der Waals surface area contributed by atoms with E-state index in [1.54, 1.807) is 19.1 Å². The first-order chi connectivity index (χ1) is 4.22. The van der Waals surface area contributed by atoms with Crippen LogP contribution in [0.15, 0.2) is 24.3 Å². The third-order valence-corrected chi connectivity index (χ3v) is 0.987. The van der Waals surface area contributed by atoms with Crippen LogP contribution in [-0.4, -0.2) is 11.1 Å². The summed E-state index contributed by atoms with van der Waals surface area (Å²) >= 11 is 0. The summed E-state index contributed by atoms with van der Waals surface area (Å²) in [5, 5.41) is 8.39. The molecule has 0 aromatic carbocycles. The van der Waals surface area contributed by atoms with Gasteiger partial charge in [-0.2, -0.15) is 0 Å². The van der Waals surface area contributed by atoms with Crippen molar-refractivity contribution in [3.8, 4) is 0 Å². The second kappa shape index (κ2) is 3.89. The van der Waals surface area contributed by atoms with Crippen molar-refractivity contribution < 1.29 is 9.90 Å². The van der Waals surface area contributed by atoms with Gasteiger partial charge in [-0.3, -0.25) is 0 Å². The lowest BCUT2D eigenvalue weighted by Gasteiger charge is -1.92. The predicted molar refractivity (Wildman–Crippen MR) is 36.2 cm³/mol.